The van der Waals surface area contributed by atoms with Crippen LogP contribution in [0.3, 0.4) is 0 Å². The van der Waals surface area contributed by atoms with E-state index < -0.39 is 11.6 Å². The predicted molar refractivity (Wildman–Crippen MR) is 73.2 cm³/mol. The average molecular weight is 297 g/mol. The lowest BCUT2D eigenvalue weighted by atomic mass is 10.2. The summed E-state index contributed by atoms with van der Waals surface area (Å²) < 4.78 is 32.0. The summed E-state index contributed by atoms with van der Waals surface area (Å²) in [6.45, 7) is -0.190. The molecule has 20 heavy (non-hydrogen) atoms. The lowest BCUT2D eigenvalue weighted by molar-refractivity contribution is 0.296. The average Bonchev–Trinajstić information content (AvgIpc) is 2.40. The summed E-state index contributed by atoms with van der Waals surface area (Å²) in [4.78, 5) is 0. The van der Waals surface area contributed by atoms with Gasteiger partial charge in [-0.3, -0.25) is 5.41 Å². The van der Waals surface area contributed by atoms with Gasteiger partial charge in [0.05, 0.1) is 5.56 Å². The minimum Gasteiger partial charge on any atom is -0.488 e. The highest BCUT2D eigenvalue weighted by atomic mass is 35.5. The Bertz CT molecular complexity index is 662. The van der Waals surface area contributed by atoms with Crippen LogP contribution in [-0.2, 0) is 6.61 Å². The van der Waals surface area contributed by atoms with Gasteiger partial charge < -0.3 is 10.5 Å². The molecule has 0 radical (unpaired) electrons. The smallest absolute Gasteiger partial charge is 0.165 e. The van der Waals surface area contributed by atoms with Crippen LogP contribution in [0.25, 0.3) is 0 Å². The molecule has 0 heterocycles. The molecular formula is C14H11ClF2N2O. The summed E-state index contributed by atoms with van der Waals surface area (Å²) in [5.41, 5.74) is 5.82. The first kappa shape index (κ1) is 14.3. The Kier molecular flexibility index (Phi) is 4.20. The number of ether oxygens (including phenoxy) is 1. The standard InChI is InChI=1S/C14H11ClF2N2O/c15-9-4-5-10(14(18)19)12(6-9)20-7-8-2-1-3-11(16)13(8)17/h1-6H,7H2,(H3,18,19). The van der Waals surface area contributed by atoms with Gasteiger partial charge in [-0.1, -0.05) is 23.7 Å². The number of nitrogen functional groups attached to an aromatic ring is 1. The quantitative estimate of drug-likeness (QED) is 0.670. The van der Waals surface area contributed by atoms with E-state index in [-0.39, 0.29) is 23.8 Å². The Labute approximate surface area is 119 Å². The van der Waals surface area contributed by atoms with Gasteiger partial charge in [-0.2, -0.15) is 0 Å². The van der Waals surface area contributed by atoms with Crippen molar-refractivity contribution < 1.29 is 13.5 Å². The summed E-state index contributed by atoms with van der Waals surface area (Å²) in [5.74, 6) is -1.85. The van der Waals surface area contributed by atoms with E-state index in [4.69, 9.17) is 27.5 Å². The molecule has 0 fully saturated rings. The molecule has 0 saturated carbocycles. The maximum atomic E-state index is 13.5. The first-order chi connectivity index (χ1) is 9.49. The van der Waals surface area contributed by atoms with Gasteiger partial charge in [0.2, 0.25) is 0 Å². The van der Waals surface area contributed by atoms with E-state index in [1.54, 1.807) is 6.07 Å². The van der Waals surface area contributed by atoms with Crippen LogP contribution in [0.5, 0.6) is 5.75 Å². The number of rotatable bonds is 4. The van der Waals surface area contributed by atoms with Crippen molar-refractivity contribution in [2.45, 2.75) is 6.61 Å². The third-order valence-electron chi connectivity index (χ3n) is 2.65. The van der Waals surface area contributed by atoms with Gasteiger partial charge in [0.1, 0.15) is 18.2 Å². The summed E-state index contributed by atoms with van der Waals surface area (Å²) in [7, 11) is 0. The van der Waals surface area contributed by atoms with Crippen molar-refractivity contribution in [3.63, 3.8) is 0 Å². The van der Waals surface area contributed by atoms with Gasteiger partial charge in [0.25, 0.3) is 0 Å². The van der Waals surface area contributed by atoms with Crippen LogP contribution < -0.4 is 10.5 Å². The van der Waals surface area contributed by atoms with Crippen molar-refractivity contribution in [2.75, 3.05) is 0 Å². The molecule has 0 aliphatic heterocycles. The van der Waals surface area contributed by atoms with Crippen molar-refractivity contribution in [1.82, 2.24) is 0 Å². The SMILES string of the molecule is N=C(N)c1ccc(Cl)cc1OCc1cccc(F)c1F. The molecule has 0 aliphatic carbocycles. The van der Waals surface area contributed by atoms with Crippen LogP contribution in [0, 0.1) is 17.0 Å². The van der Waals surface area contributed by atoms with Gasteiger partial charge in [-0.05, 0) is 24.3 Å². The zero-order valence-electron chi connectivity index (χ0n) is 10.3. The number of nitrogens with two attached hydrogens (primary N) is 1. The van der Waals surface area contributed by atoms with E-state index in [1.165, 1.54) is 24.3 Å². The monoisotopic (exact) mass is 296 g/mol. The molecule has 3 nitrogen and oxygen atoms in total. The van der Waals surface area contributed by atoms with Crippen LogP contribution in [0.4, 0.5) is 8.78 Å². The Morgan fingerprint density at radius 1 is 1.25 bits per heavy atom. The fourth-order valence-electron chi connectivity index (χ4n) is 1.65. The topological polar surface area (TPSA) is 59.1 Å². The normalized spacial score (nSPS) is 10.3. The first-order valence-electron chi connectivity index (χ1n) is 5.68. The maximum absolute atomic E-state index is 13.5. The minimum atomic E-state index is -0.959. The molecule has 0 atom stereocenters. The molecule has 0 spiro atoms. The number of nitrogens with one attached hydrogen (secondary N) is 1. The summed E-state index contributed by atoms with van der Waals surface area (Å²) in [6.07, 6.45) is 0. The van der Waals surface area contributed by atoms with Crippen molar-refractivity contribution in [3.05, 3.63) is 64.2 Å². The number of hydrogen-bond acceptors (Lipinski definition) is 2. The molecule has 0 aliphatic rings. The Morgan fingerprint density at radius 3 is 2.70 bits per heavy atom. The van der Waals surface area contributed by atoms with Crippen molar-refractivity contribution in [1.29, 1.82) is 5.41 Å². The largest absolute Gasteiger partial charge is 0.488 e. The molecule has 2 aromatic carbocycles. The second kappa shape index (κ2) is 5.88. The fourth-order valence-corrected chi connectivity index (χ4v) is 1.82. The lowest BCUT2D eigenvalue weighted by Crippen LogP contribution is -2.13. The van der Waals surface area contributed by atoms with Crippen LogP contribution in [0.2, 0.25) is 5.02 Å². The number of halogens is 3. The molecule has 0 saturated heterocycles. The Hall–Kier alpha value is -2.14. The Balaban J connectivity index is 2.24. The van der Waals surface area contributed by atoms with Gasteiger partial charge >= 0.3 is 0 Å². The molecule has 0 amide bonds. The summed E-state index contributed by atoms with van der Waals surface area (Å²) in [6, 6.07) is 8.39. The van der Waals surface area contributed by atoms with Gasteiger partial charge in [-0.15, -0.1) is 0 Å². The molecule has 3 N–H and O–H groups in total. The number of amidine groups is 1. The first-order valence-corrected chi connectivity index (χ1v) is 6.06. The number of hydrogen-bond donors (Lipinski definition) is 2. The van der Waals surface area contributed by atoms with Crippen molar-refractivity contribution in [3.8, 4) is 5.75 Å². The summed E-state index contributed by atoms with van der Waals surface area (Å²) in [5, 5.41) is 7.82. The molecule has 2 aromatic rings. The highest BCUT2D eigenvalue weighted by molar-refractivity contribution is 6.30. The van der Waals surface area contributed by atoms with Crippen LogP contribution in [0.1, 0.15) is 11.1 Å². The zero-order chi connectivity index (χ0) is 14.7. The van der Waals surface area contributed by atoms with Gasteiger partial charge in [0, 0.05) is 10.6 Å². The van der Waals surface area contributed by atoms with E-state index in [1.807, 2.05) is 0 Å². The third kappa shape index (κ3) is 3.05. The molecule has 0 bridgehead atoms. The van der Waals surface area contributed by atoms with Crippen molar-refractivity contribution in [2.24, 2.45) is 5.73 Å². The predicted octanol–water partition coefficient (Wildman–Crippen LogP) is 3.48. The molecular weight excluding hydrogens is 286 g/mol. The van der Waals surface area contributed by atoms with Crippen molar-refractivity contribution >= 4 is 17.4 Å². The van der Waals surface area contributed by atoms with Crippen LogP contribution in [0.15, 0.2) is 36.4 Å². The van der Waals surface area contributed by atoms with E-state index in [0.717, 1.165) is 6.07 Å². The second-order valence-electron chi connectivity index (χ2n) is 4.06. The molecule has 0 aromatic heterocycles. The van der Waals surface area contributed by atoms with Crippen LogP contribution >= 0.6 is 11.6 Å². The minimum absolute atomic E-state index is 0.0690. The van der Waals surface area contributed by atoms with Crippen LogP contribution in [-0.4, -0.2) is 5.84 Å². The fraction of sp³-hybridized carbons (Fsp3) is 0.0714. The van der Waals surface area contributed by atoms with E-state index in [9.17, 15) is 8.78 Å². The highest BCUT2D eigenvalue weighted by Gasteiger charge is 2.11. The van der Waals surface area contributed by atoms with E-state index in [2.05, 4.69) is 0 Å². The Morgan fingerprint density at radius 2 is 2.00 bits per heavy atom. The number of benzene rings is 2. The summed E-state index contributed by atoms with van der Waals surface area (Å²) >= 11 is 5.83. The zero-order valence-corrected chi connectivity index (χ0v) is 11.0. The second-order valence-corrected chi connectivity index (χ2v) is 4.49. The van der Waals surface area contributed by atoms with E-state index >= 15 is 0 Å². The maximum Gasteiger partial charge on any atom is 0.165 e. The lowest BCUT2D eigenvalue weighted by Gasteiger charge is -2.11. The van der Waals surface area contributed by atoms with Gasteiger partial charge in [0.15, 0.2) is 11.6 Å². The molecule has 2 rings (SSSR count). The van der Waals surface area contributed by atoms with E-state index in [0.29, 0.717) is 10.6 Å². The van der Waals surface area contributed by atoms with Gasteiger partial charge in [-0.25, -0.2) is 8.78 Å². The third-order valence-corrected chi connectivity index (χ3v) is 2.88. The molecule has 104 valence electrons. The molecule has 6 heteroatoms. The molecule has 0 unspecified atom stereocenters. The highest BCUT2D eigenvalue weighted by Crippen LogP contribution is 2.24.